The van der Waals surface area contributed by atoms with Crippen LogP contribution in [-0.4, -0.2) is 26.7 Å². The molecule has 1 aliphatic heterocycles. The Balaban J connectivity index is 0.000000357. The van der Waals surface area contributed by atoms with Gasteiger partial charge >= 0.3 is 0 Å². The minimum Gasteiger partial charge on any atom is -0.471 e. The van der Waals surface area contributed by atoms with Crippen molar-refractivity contribution in [3.63, 3.8) is 0 Å². The second-order valence-corrected chi connectivity index (χ2v) is 4.40. The SMILES string of the molecule is CC1CCc2c(ccc(N)c2N)N1C.COC=O. The van der Waals surface area contributed by atoms with E-state index in [9.17, 15) is 0 Å². The van der Waals surface area contributed by atoms with Crippen molar-refractivity contribution in [3.05, 3.63) is 17.7 Å². The largest absolute Gasteiger partial charge is 0.471 e. The number of hydrogen-bond acceptors (Lipinski definition) is 5. The van der Waals surface area contributed by atoms with Crippen LogP contribution in [0.25, 0.3) is 0 Å². The van der Waals surface area contributed by atoms with Gasteiger partial charge in [0.1, 0.15) is 0 Å². The molecule has 0 aliphatic carbocycles. The van der Waals surface area contributed by atoms with Crippen LogP contribution in [0.3, 0.4) is 0 Å². The number of fused-ring (bicyclic) bond motifs is 1. The first kappa shape index (κ1) is 14.2. The fourth-order valence-corrected chi connectivity index (χ4v) is 2.05. The average Bonchev–Trinajstić information content (AvgIpc) is 2.38. The van der Waals surface area contributed by atoms with Gasteiger partial charge in [0.25, 0.3) is 6.47 Å². The molecule has 1 unspecified atom stereocenters. The summed E-state index contributed by atoms with van der Waals surface area (Å²) in [6, 6.07) is 4.55. The minimum absolute atomic E-state index is 0.375. The molecule has 4 N–H and O–H groups in total. The summed E-state index contributed by atoms with van der Waals surface area (Å²) in [6.45, 7) is 2.61. The summed E-state index contributed by atoms with van der Waals surface area (Å²) in [4.78, 5) is 11.2. The summed E-state index contributed by atoms with van der Waals surface area (Å²) >= 11 is 0. The second-order valence-electron chi connectivity index (χ2n) is 4.40. The fourth-order valence-electron chi connectivity index (χ4n) is 2.05. The highest BCUT2D eigenvalue weighted by Crippen LogP contribution is 2.35. The fraction of sp³-hybridized carbons (Fsp3) is 0.462. The van der Waals surface area contributed by atoms with Gasteiger partial charge in [-0.15, -0.1) is 0 Å². The predicted molar refractivity (Wildman–Crippen MR) is 74.5 cm³/mol. The van der Waals surface area contributed by atoms with Crippen molar-refractivity contribution in [3.8, 4) is 0 Å². The number of anilines is 3. The maximum Gasteiger partial charge on any atom is 0.292 e. The van der Waals surface area contributed by atoms with E-state index in [1.165, 1.54) is 18.4 Å². The lowest BCUT2D eigenvalue weighted by molar-refractivity contribution is -0.126. The van der Waals surface area contributed by atoms with Crippen LogP contribution in [0.2, 0.25) is 0 Å². The predicted octanol–water partition coefficient (Wildman–Crippen LogP) is 1.41. The van der Waals surface area contributed by atoms with E-state index < -0.39 is 0 Å². The van der Waals surface area contributed by atoms with E-state index in [4.69, 9.17) is 16.3 Å². The molecule has 2 rings (SSSR count). The van der Waals surface area contributed by atoms with Crippen molar-refractivity contribution in [1.82, 2.24) is 0 Å². The van der Waals surface area contributed by atoms with Gasteiger partial charge in [-0.25, -0.2) is 0 Å². The van der Waals surface area contributed by atoms with Crippen molar-refractivity contribution in [2.75, 3.05) is 30.5 Å². The molecule has 0 aromatic heterocycles. The van der Waals surface area contributed by atoms with Gasteiger partial charge in [-0.2, -0.15) is 0 Å². The molecule has 1 aromatic rings. The van der Waals surface area contributed by atoms with Crippen LogP contribution >= 0.6 is 0 Å². The molecule has 0 fully saturated rings. The third-order valence-electron chi connectivity index (χ3n) is 3.32. The van der Waals surface area contributed by atoms with E-state index >= 15 is 0 Å². The zero-order chi connectivity index (χ0) is 13.7. The van der Waals surface area contributed by atoms with E-state index in [-0.39, 0.29) is 0 Å². The van der Waals surface area contributed by atoms with Gasteiger partial charge in [0.05, 0.1) is 18.5 Å². The Morgan fingerprint density at radius 3 is 2.61 bits per heavy atom. The lowest BCUT2D eigenvalue weighted by atomic mass is 9.95. The number of carbonyl (C=O) groups is 1. The second kappa shape index (κ2) is 6.14. The third-order valence-corrected chi connectivity index (χ3v) is 3.32. The zero-order valence-corrected chi connectivity index (χ0v) is 11.1. The average molecular weight is 251 g/mol. The van der Waals surface area contributed by atoms with Crippen LogP contribution < -0.4 is 16.4 Å². The molecular formula is C13H21N3O2. The van der Waals surface area contributed by atoms with Gasteiger partial charge in [0, 0.05) is 24.3 Å². The van der Waals surface area contributed by atoms with Crippen LogP contribution in [0.4, 0.5) is 17.1 Å². The third kappa shape index (κ3) is 2.85. The van der Waals surface area contributed by atoms with Crippen LogP contribution in [0, 0.1) is 0 Å². The maximum atomic E-state index is 8.95. The normalized spacial score (nSPS) is 17.3. The molecule has 18 heavy (non-hydrogen) atoms. The molecule has 5 nitrogen and oxygen atoms in total. The molecule has 1 heterocycles. The smallest absolute Gasteiger partial charge is 0.292 e. The summed E-state index contributed by atoms with van der Waals surface area (Å²) < 4.78 is 3.86. The molecule has 0 saturated heterocycles. The highest BCUT2D eigenvalue weighted by molar-refractivity contribution is 5.77. The van der Waals surface area contributed by atoms with Gasteiger partial charge in [0.15, 0.2) is 0 Å². The number of methoxy groups -OCH3 is 1. The molecule has 1 aromatic carbocycles. The first-order valence-corrected chi connectivity index (χ1v) is 5.89. The standard InChI is InChI=1S/C11H17N3.C2H4O2/c1-7-3-4-8-10(14(7)2)6-5-9(12)11(8)13;1-4-2-3/h5-7H,3-4,12-13H2,1-2H3;2H,1H3. The summed E-state index contributed by atoms with van der Waals surface area (Å²) in [6.07, 6.45) is 2.19. The summed E-state index contributed by atoms with van der Waals surface area (Å²) in [7, 11) is 3.42. The van der Waals surface area contributed by atoms with Crippen molar-refractivity contribution < 1.29 is 9.53 Å². The van der Waals surface area contributed by atoms with Gasteiger partial charge in [-0.1, -0.05) is 0 Å². The summed E-state index contributed by atoms with van der Waals surface area (Å²) in [5.74, 6) is 0. The Labute approximate surface area is 108 Å². The van der Waals surface area contributed by atoms with Crippen LogP contribution in [0.15, 0.2) is 12.1 Å². The van der Waals surface area contributed by atoms with Crippen LogP contribution in [0.1, 0.15) is 18.9 Å². The Bertz CT molecular complexity index is 421. The van der Waals surface area contributed by atoms with E-state index in [0.29, 0.717) is 18.2 Å². The Morgan fingerprint density at radius 1 is 1.44 bits per heavy atom. The van der Waals surface area contributed by atoms with Crippen molar-refractivity contribution in [2.24, 2.45) is 0 Å². The van der Waals surface area contributed by atoms with Gasteiger partial charge in [-0.3, -0.25) is 4.79 Å². The maximum absolute atomic E-state index is 8.95. The van der Waals surface area contributed by atoms with Gasteiger partial charge < -0.3 is 21.1 Å². The molecular weight excluding hydrogens is 230 g/mol. The quantitative estimate of drug-likeness (QED) is 0.582. The molecule has 0 saturated carbocycles. The Kier molecular flexibility index (Phi) is 4.83. The topological polar surface area (TPSA) is 81.6 Å². The van der Waals surface area contributed by atoms with Gasteiger partial charge in [-0.05, 0) is 31.9 Å². The molecule has 0 spiro atoms. The Morgan fingerprint density at radius 2 is 2.06 bits per heavy atom. The summed E-state index contributed by atoms with van der Waals surface area (Å²) in [5, 5.41) is 0. The Hall–Kier alpha value is -1.91. The van der Waals surface area contributed by atoms with Crippen molar-refractivity contribution in [2.45, 2.75) is 25.8 Å². The number of hydrogen-bond donors (Lipinski definition) is 2. The number of nitrogens with zero attached hydrogens (tertiary/aromatic N) is 1. The van der Waals surface area contributed by atoms with Crippen molar-refractivity contribution in [1.29, 1.82) is 0 Å². The van der Waals surface area contributed by atoms with E-state index in [1.54, 1.807) is 0 Å². The molecule has 0 bridgehead atoms. The van der Waals surface area contributed by atoms with Gasteiger partial charge in [0.2, 0.25) is 0 Å². The highest BCUT2D eigenvalue weighted by Gasteiger charge is 2.21. The number of carbonyl (C=O) groups excluding carboxylic acids is 1. The lowest BCUT2D eigenvalue weighted by Crippen LogP contribution is -2.34. The first-order valence-electron chi connectivity index (χ1n) is 5.89. The first-order chi connectivity index (χ1) is 8.52. The monoisotopic (exact) mass is 251 g/mol. The van der Waals surface area contributed by atoms with Crippen LogP contribution in [0.5, 0.6) is 0 Å². The number of nitrogen functional groups attached to an aromatic ring is 2. The molecule has 100 valence electrons. The van der Waals surface area contributed by atoms with E-state index in [1.807, 2.05) is 6.07 Å². The number of benzene rings is 1. The number of ether oxygens (including phenoxy) is 1. The summed E-state index contributed by atoms with van der Waals surface area (Å²) in [5.41, 5.74) is 15.7. The number of nitrogens with two attached hydrogens (primary N) is 2. The molecule has 5 heteroatoms. The minimum atomic E-state index is 0.375. The molecule has 0 radical (unpaired) electrons. The lowest BCUT2D eigenvalue weighted by Gasteiger charge is -2.34. The van der Waals surface area contributed by atoms with E-state index in [0.717, 1.165) is 18.5 Å². The molecule has 1 atom stereocenters. The molecule has 1 aliphatic rings. The number of rotatable bonds is 1. The van der Waals surface area contributed by atoms with Crippen LogP contribution in [-0.2, 0) is 16.0 Å². The molecule has 0 amide bonds. The van der Waals surface area contributed by atoms with Crippen molar-refractivity contribution >= 4 is 23.5 Å². The van der Waals surface area contributed by atoms with E-state index in [2.05, 4.69) is 29.7 Å². The zero-order valence-electron chi connectivity index (χ0n) is 11.1. The highest BCUT2D eigenvalue weighted by atomic mass is 16.5.